The SMILES string of the molecule is NC1=CC(N)(C2CCC(NCc3cccc(OC(F)(F)F)c3)CC2)c2ccccc2N1. The summed E-state index contributed by atoms with van der Waals surface area (Å²) in [7, 11) is 0. The third-order valence-corrected chi connectivity index (χ3v) is 6.20. The Bertz CT molecular complexity index is 954. The summed E-state index contributed by atoms with van der Waals surface area (Å²) in [6.45, 7) is 0.484. The smallest absolute Gasteiger partial charge is 0.406 e. The topological polar surface area (TPSA) is 85.3 Å². The molecule has 4 rings (SSSR count). The molecule has 1 heterocycles. The van der Waals surface area contributed by atoms with Crippen molar-refractivity contribution in [1.82, 2.24) is 5.32 Å². The van der Waals surface area contributed by atoms with Crippen molar-refractivity contribution < 1.29 is 17.9 Å². The number of hydrogen-bond acceptors (Lipinski definition) is 5. The number of nitrogens with one attached hydrogen (secondary N) is 2. The lowest BCUT2D eigenvalue weighted by Crippen LogP contribution is -2.48. The highest BCUT2D eigenvalue weighted by atomic mass is 19.4. The van der Waals surface area contributed by atoms with Gasteiger partial charge in [-0.1, -0.05) is 30.3 Å². The first kappa shape index (κ1) is 21.5. The van der Waals surface area contributed by atoms with Gasteiger partial charge in [0.2, 0.25) is 0 Å². The largest absolute Gasteiger partial charge is 0.573 e. The monoisotopic (exact) mass is 432 g/mol. The van der Waals surface area contributed by atoms with E-state index in [2.05, 4.69) is 15.4 Å². The van der Waals surface area contributed by atoms with Crippen molar-refractivity contribution in [2.24, 2.45) is 17.4 Å². The Morgan fingerprint density at radius 2 is 1.81 bits per heavy atom. The molecular weight excluding hydrogens is 405 g/mol. The summed E-state index contributed by atoms with van der Waals surface area (Å²) < 4.78 is 41.3. The van der Waals surface area contributed by atoms with E-state index in [1.165, 1.54) is 12.1 Å². The molecule has 0 saturated heterocycles. The van der Waals surface area contributed by atoms with E-state index < -0.39 is 11.9 Å². The zero-order chi connectivity index (χ0) is 22.1. The standard InChI is InChI=1S/C23H27F3N4O/c24-23(25,26)31-18-5-3-4-15(12-18)14-29-17-10-8-16(9-11-17)22(28)13-21(27)30-20-7-2-1-6-19(20)22/h1-7,12-13,16-17,29-30H,8-11,14,27-28H2. The van der Waals surface area contributed by atoms with Crippen LogP contribution in [0.15, 0.2) is 60.4 Å². The quantitative estimate of drug-likeness (QED) is 0.566. The van der Waals surface area contributed by atoms with Crippen LogP contribution in [-0.4, -0.2) is 12.4 Å². The first-order valence-electron chi connectivity index (χ1n) is 10.4. The van der Waals surface area contributed by atoms with Crippen molar-refractivity contribution in [3.8, 4) is 5.75 Å². The number of anilines is 1. The molecule has 0 bridgehead atoms. The summed E-state index contributed by atoms with van der Waals surface area (Å²) >= 11 is 0. The number of alkyl halides is 3. The summed E-state index contributed by atoms with van der Waals surface area (Å²) in [4.78, 5) is 0. The number of nitrogens with two attached hydrogens (primary N) is 2. The molecule has 0 radical (unpaired) electrons. The van der Waals surface area contributed by atoms with Gasteiger partial charge in [0, 0.05) is 18.3 Å². The van der Waals surface area contributed by atoms with E-state index in [1.54, 1.807) is 12.1 Å². The van der Waals surface area contributed by atoms with E-state index >= 15 is 0 Å². The number of para-hydroxylation sites is 1. The molecule has 1 unspecified atom stereocenters. The highest BCUT2D eigenvalue weighted by molar-refractivity contribution is 5.62. The molecule has 0 spiro atoms. The predicted octanol–water partition coefficient (Wildman–Crippen LogP) is 4.31. The summed E-state index contributed by atoms with van der Waals surface area (Å²) in [6.07, 6.45) is 0.984. The van der Waals surface area contributed by atoms with Crippen LogP contribution < -0.4 is 26.8 Å². The first-order chi connectivity index (χ1) is 14.7. The van der Waals surface area contributed by atoms with Gasteiger partial charge in [0.25, 0.3) is 0 Å². The Morgan fingerprint density at radius 3 is 2.55 bits per heavy atom. The average Bonchev–Trinajstić information content (AvgIpc) is 2.71. The highest BCUT2D eigenvalue weighted by Crippen LogP contribution is 2.43. The Labute approximate surface area is 179 Å². The van der Waals surface area contributed by atoms with Crippen LogP contribution in [-0.2, 0) is 12.1 Å². The van der Waals surface area contributed by atoms with Crippen molar-refractivity contribution >= 4 is 5.69 Å². The highest BCUT2D eigenvalue weighted by Gasteiger charge is 2.40. The minimum atomic E-state index is -4.69. The summed E-state index contributed by atoms with van der Waals surface area (Å²) in [5, 5.41) is 6.65. The Kier molecular flexibility index (Phi) is 5.85. The Morgan fingerprint density at radius 1 is 1.06 bits per heavy atom. The fourth-order valence-corrected chi connectivity index (χ4v) is 4.72. The van der Waals surface area contributed by atoms with Crippen LogP contribution >= 0.6 is 0 Å². The molecule has 2 aromatic rings. The van der Waals surface area contributed by atoms with Crippen molar-refractivity contribution in [3.63, 3.8) is 0 Å². The Balaban J connectivity index is 1.35. The summed E-state index contributed by atoms with van der Waals surface area (Å²) in [5.74, 6) is 0.632. The lowest BCUT2D eigenvalue weighted by molar-refractivity contribution is -0.274. The van der Waals surface area contributed by atoms with E-state index in [-0.39, 0.29) is 17.7 Å². The van der Waals surface area contributed by atoms with Crippen molar-refractivity contribution in [3.05, 3.63) is 71.6 Å². The molecule has 8 heteroatoms. The van der Waals surface area contributed by atoms with E-state index in [9.17, 15) is 13.2 Å². The molecule has 1 saturated carbocycles. The van der Waals surface area contributed by atoms with Crippen LogP contribution in [0.2, 0.25) is 0 Å². The fraction of sp³-hybridized carbons (Fsp3) is 0.391. The van der Waals surface area contributed by atoms with Gasteiger partial charge in [0.1, 0.15) is 5.75 Å². The maximum atomic E-state index is 12.4. The van der Waals surface area contributed by atoms with E-state index in [4.69, 9.17) is 11.5 Å². The van der Waals surface area contributed by atoms with Crippen LogP contribution in [0.1, 0.15) is 36.8 Å². The van der Waals surface area contributed by atoms with E-state index in [0.29, 0.717) is 12.4 Å². The number of rotatable bonds is 5. The van der Waals surface area contributed by atoms with Gasteiger partial charge in [-0.15, -0.1) is 13.2 Å². The first-order valence-corrected chi connectivity index (χ1v) is 10.4. The normalized spacial score (nSPS) is 25.9. The third-order valence-electron chi connectivity index (χ3n) is 6.20. The molecule has 6 N–H and O–H groups in total. The van der Waals surface area contributed by atoms with Crippen molar-refractivity contribution in [1.29, 1.82) is 0 Å². The minimum Gasteiger partial charge on any atom is -0.406 e. The van der Waals surface area contributed by atoms with Gasteiger partial charge in [0.15, 0.2) is 0 Å². The second kappa shape index (κ2) is 8.43. The molecule has 1 atom stereocenters. The van der Waals surface area contributed by atoms with Crippen LogP contribution in [0.25, 0.3) is 0 Å². The van der Waals surface area contributed by atoms with Gasteiger partial charge in [-0.25, -0.2) is 0 Å². The van der Waals surface area contributed by atoms with E-state index in [1.807, 2.05) is 30.3 Å². The molecule has 166 valence electrons. The van der Waals surface area contributed by atoms with Gasteiger partial charge in [0.05, 0.1) is 11.4 Å². The molecular formula is C23H27F3N4O. The van der Waals surface area contributed by atoms with Crippen LogP contribution in [0.4, 0.5) is 18.9 Å². The minimum absolute atomic E-state index is 0.200. The van der Waals surface area contributed by atoms with Crippen molar-refractivity contribution in [2.45, 2.75) is 50.2 Å². The molecule has 1 aliphatic heterocycles. The summed E-state index contributed by atoms with van der Waals surface area (Å²) in [6, 6.07) is 14.3. The second-order valence-electron chi connectivity index (χ2n) is 8.33. The molecule has 31 heavy (non-hydrogen) atoms. The molecule has 2 aromatic carbocycles. The Hall–Kier alpha value is -2.71. The van der Waals surface area contributed by atoms with E-state index in [0.717, 1.165) is 42.5 Å². The number of hydrogen-bond donors (Lipinski definition) is 4. The van der Waals surface area contributed by atoms with Gasteiger partial charge in [-0.2, -0.15) is 0 Å². The molecule has 0 aromatic heterocycles. The maximum Gasteiger partial charge on any atom is 0.573 e. The van der Waals surface area contributed by atoms with Crippen LogP contribution in [0, 0.1) is 5.92 Å². The lowest BCUT2D eigenvalue weighted by Gasteiger charge is -2.43. The molecule has 1 aliphatic carbocycles. The van der Waals surface area contributed by atoms with Gasteiger partial charge >= 0.3 is 6.36 Å². The summed E-state index contributed by atoms with van der Waals surface area (Å²) in [5.41, 5.74) is 15.1. The fourth-order valence-electron chi connectivity index (χ4n) is 4.72. The van der Waals surface area contributed by atoms with Crippen molar-refractivity contribution in [2.75, 3.05) is 5.32 Å². The number of halogens is 3. The van der Waals surface area contributed by atoms with Gasteiger partial charge in [-0.3, -0.25) is 0 Å². The molecule has 5 nitrogen and oxygen atoms in total. The third kappa shape index (κ3) is 4.97. The van der Waals surface area contributed by atoms with Crippen LogP contribution in [0.5, 0.6) is 5.75 Å². The van der Waals surface area contributed by atoms with Crippen LogP contribution in [0.3, 0.4) is 0 Å². The van der Waals surface area contributed by atoms with Gasteiger partial charge < -0.3 is 26.8 Å². The second-order valence-corrected chi connectivity index (χ2v) is 8.33. The predicted molar refractivity (Wildman–Crippen MR) is 114 cm³/mol. The zero-order valence-corrected chi connectivity index (χ0v) is 17.1. The average molecular weight is 432 g/mol. The zero-order valence-electron chi connectivity index (χ0n) is 17.1. The molecule has 2 aliphatic rings. The lowest BCUT2D eigenvalue weighted by atomic mass is 9.69. The number of benzene rings is 2. The number of fused-ring (bicyclic) bond motifs is 1. The molecule has 1 fully saturated rings. The van der Waals surface area contributed by atoms with Gasteiger partial charge in [-0.05, 0) is 67.0 Å². The number of ether oxygens (including phenoxy) is 1. The molecule has 0 amide bonds. The maximum absolute atomic E-state index is 12.4.